The van der Waals surface area contributed by atoms with Crippen molar-refractivity contribution < 1.29 is 27.9 Å². The lowest BCUT2D eigenvalue weighted by molar-refractivity contribution is -0.137. The third-order valence-electron chi connectivity index (χ3n) is 5.77. The molecule has 184 valence electrons. The fraction of sp³-hybridized carbons (Fsp3) is 0.0370. The van der Waals surface area contributed by atoms with Crippen molar-refractivity contribution in [3.63, 3.8) is 0 Å². The average molecular weight is 522 g/mol. The van der Waals surface area contributed by atoms with Gasteiger partial charge < -0.3 is 5.11 Å². The number of carbonyl (C=O) groups is 2. The van der Waals surface area contributed by atoms with Gasteiger partial charge in [-0.05, 0) is 48.5 Å². The predicted molar refractivity (Wildman–Crippen MR) is 132 cm³/mol. The lowest BCUT2D eigenvalue weighted by Gasteiger charge is -2.13. The first-order chi connectivity index (χ1) is 17.6. The van der Waals surface area contributed by atoms with Crippen LogP contribution >= 0.6 is 11.6 Å². The fourth-order valence-electron chi connectivity index (χ4n) is 4.03. The summed E-state index contributed by atoms with van der Waals surface area (Å²) in [5.74, 6) is -2.18. The third kappa shape index (κ3) is 4.45. The molecule has 0 aliphatic carbocycles. The zero-order valence-electron chi connectivity index (χ0n) is 18.7. The topological polar surface area (TPSA) is 85.1 Å². The minimum absolute atomic E-state index is 0.0480. The van der Waals surface area contributed by atoms with Crippen LogP contribution < -0.4 is 0 Å². The first kappa shape index (κ1) is 24.2. The standard InChI is InChI=1S/C27H15ClF3N3O3/c28-20-5-3-4-19(27(29,30)31)23(20)25(35)34-22-14-17(21-6-1-2-13-32-21)11-12-18(22)24(33-34)15-7-9-16(10-8-15)26(36)37/h1-14H,(H,36,37). The molecule has 5 aromatic rings. The van der Waals surface area contributed by atoms with Crippen LogP contribution in [0.5, 0.6) is 0 Å². The second kappa shape index (κ2) is 9.18. The highest BCUT2D eigenvalue weighted by molar-refractivity contribution is 6.34. The molecule has 0 bridgehead atoms. The number of benzene rings is 3. The van der Waals surface area contributed by atoms with Gasteiger partial charge in [-0.3, -0.25) is 9.78 Å². The Labute approximate surface area is 212 Å². The molecule has 0 aliphatic rings. The average Bonchev–Trinajstić information content (AvgIpc) is 3.27. The van der Waals surface area contributed by atoms with Crippen molar-refractivity contribution in [1.82, 2.24) is 14.8 Å². The molecule has 0 atom stereocenters. The molecule has 6 nitrogen and oxygen atoms in total. The highest BCUT2D eigenvalue weighted by atomic mass is 35.5. The monoisotopic (exact) mass is 521 g/mol. The van der Waals surface area contributed by atoms with Crippen molar-refractivity contribution in [3.8, 4) is 22.5 Å². The molecule has 0 radical (unpaired) electrons. The Morgan fingerprint density at radius 3 is 2.27 bits per heavy atom. The maximum atomic E-state index is 13.8. The summed E-state index contributed by atoms with van der Waals surface area (Å²) in [4.78, 5) is 29.2. The zero-order valence-corrected chi connectivity index (χ0v) is 19.5. The van der Waals surface area contributed by atoms with Gasteiger partial charge in [0.05, 0.1) is 32.9 Å². The van der Waals surface area contributed by atoms with Gasteiger partial charge in [0, 0.05) is 22.7 Å². The highest BCUT2D eigenvalue weighted by Gasteiger charge is 2.37. The first-order valence-corrected chi connectivity index (χ1v) is 11.2. The second-order valence-electron chi connectivity index (χ2n) is 8.06. The van der Waals surface area contributed by atoms with Gasteiger partial charge in [0.2, 0.25) is 0 Å². The van der Waals surface area contributed by atoms with Crippen molar-refractivity contribution in [2.75, 3.05) is 0 Å². The van der Waals surface area contributed by atoms with Crippen molar-refractivity contribution in [2.24, 2.45) is 0 Å². The van der Waals surface area contributed by atoms with Crippen LogP contribution in [0.2, 0.25) is 5.02 Å². The van der Waals surface area contributed by atoms with E-state index in [0.717, 1.165) is 16.8 Å². The van der Waals surface area contributed by atoms with E-state index in [1.54, 1.807) is 42.6 Å². The van der Waals surface area contributed by atoms with Gasteiger partial charge in [-0.1, -0.05) is 41.9 Å². The molecular weight excluding hydrogens is 507 g/mol. The number of aromatic carboxylic acids is 1. The fourth-order valence-corrected chi connectivity index (χ4v) is 4.29. The van der Waals surface area contributed by atoms with Crippen molar-refractivity contribution >= 4 is 34.4 Å². The number of aromatic nitrogens is 3. The minimum Gasteiger partial charge on any atom is -0.478 e. The quantitative estimate of drug-likeness (QED) is 0.280. The summed E-state index contributed by atoms with van der Waals surface area (Å²) in [6.07, 6.45) is -3.23. The van der Waals surface area contributed by atoms with E-state index in [9.17, 15) is 27.9 Å². The van der Waals surface area contributed by atoms with Crippen LogP contribution in [0.15, 0.2) is 85.1 Å². The summed E-state index contributed by atoms with van der Waals surface area (Å²) in [6.45, 7) is 0. The van der Waals surface area contributed by atoms with E-state index in [2.05, 4.69) is 10.1 Å². The molecule has 0 amide bonds. The molecule has 10 heteroatoms. The number of fused-ring (bicyclic) bond motifs is 1. The molecule has 0 aliphatic heterocycles. The van der Waals surface area contributed by atoms with Crippen LogP contribution in [-0.4, -0.2) is 31.7 Å². The Morgan fingerprint density at radius 2 is 1.62 bits per heavy atom. The SMILES string of the molecule is O=C(O)c1ccc(-c2nn(C(=O)c3c(Cl)cccc3C(F)(F)F)c3cc(-c4ccccn4)ccc23)cc1. The molecule has 0 spiro atoms. The van der Waals surface area contributed by atoms with Gasteiger partial charge in [-0.2, -0.15) is 23.0 Å². The largest absolute Gasteiger partial charge is 0.478 e. The summed E-state index contributed by atoms with van der Waals surface area (Å²) in [6, 6.07) is 19.2. The Morgan fingerprint density at radius 1 is 0.892 bits per heavy atom. The van der Waals surface area contributed by atoms with Gasteiger partial charge in [-0.15, -0.1) is 0 Å². The zero-order chi connectivity index (χ0) is 26.3. The van der Waals surface area contributed by atoms with Gasteiger partial charge in [-0.25, -0.2) is 4.79 Å². The summed E-state index contributed by atoms with van der Waals surface area (Å²) in [5.41, 5.74) is 0.343. The molecular formula is C27H15ClF3N3O3. The molecule has 5 rings (SSSR count). The number of pyridine rings is 1. The lowest BCUT2D eigenvalue weighted by atomic mass is 10.0. The number of hydrogen-bond donors (Lipinski definition) is 1. The Bertz CT molecular complexity index is 1660. The number of alkyl halides is 3. The summed E-state index contributed by atoms with van der Waals surface area (Å²) in [5, 5.41) is 13.7. The smallest absolute Gasteiger partial charge is 0.417 e. The van der Waals surface area contributed by atoms with Crippen LogP contribution in [0.1, 0.15) is 26.3 Å². The number of carboxylic acid groups (broad SMARTS) is 1. The Hall–Kier alpha value is -4.50. The van der Waals surface area contributed by atoms with Crippen molar-refractivity contribution in [3.05, 3.63) is 107 Å². The molecule has 0 fully saturated rings. The highest BCUT2D eigenvalue weighted by Crippen LogP contribution is 2.37. The minimum atomic E-state index is -4.83. The van der Waals surface area contributed by atoms with E-state index in [1.807, 2.05) is 0 Å². The van der Waals surface area contributed by atoms with E-state index in [0.29, 0.717) is 22.2 Å². The number of carboxylic acids is 1. The van der Waals surface area contributed by atoms with E-state index in [1.165, 1.54) is 30.3 Å². The lowest BCUT2D eigenvalue weighted by Crippen LogP contribution is -2.20. The summed E-state index contributed by atoms with van der Waals surface area (Å²) < 4.78 is 42.2. The van der Waals surface area contributed by atoms with Crippen molar-refractivity contribution in [1.29, 1.82) is 0 Å². The number of halogens is 4. The third-order valence-corrected chi connectivity index (χ3v) is 6.09. The van der Waals surface area contributed by atoms with Crippen molar-refractivity contribution in [2.45, 2.75) is 6.18 Å². The van der Waals surface area contributed by atoms with Gasteiger partial charge in [0.25, 0.3) is 5.91 Å². The summed E-state index contributed by atoms with van der Waals surface area (Å²) >= 11 is 6.10. The van der Waals surface area contributed by atoms with Gasteiger partial charge in [0.1, 0.15) is 5.69 Å². The Kier molecular flexibility index (Phi) is 6.01. The molecule has 3 aromatic carbocycles. The number of hydrogen-bond acceptors (Lipinski definition) is 4. The molecule has 2 heterocycles. The van der Waals surface area contributed by atoms with Crippen LogP contribution in [0.25, 0.3) is 33.4 Å². The second-order valence-corrected chi connectivity index (χ2v) is 8.46. The molecule has 2 aromatic heterocycles. The molecule has 37 heavy (non-hydrogen) atoms. The van der Waals surface area contributed by atoms with E-state index in [4.69, 9.17) is 11.6 Å². The van der Waals surface area contributed by atoms with Crippen LogP contribution in [0.4, 0.5) is 13.2 Å². The molecule has 0 saturated heterocycles. The Balaban J connectivity index is 1.76. The molecule has 0 unspecified atom stereocenters. The summed E-state index contributed by atoms with van der Waals surface area (Å²) in [7, 11) is 0. The van der Waals surface area contributed by atoms with Gasteiger partial charge >= 0.3 is 12.1 Å². The van der Waals surface area contributed by atoms with Gasteiger partial charge in [0.15, 0.2) is 0 Å². The predicted octanol–water partition coefficient (Wildman–Crippen LogP) is 6.82. The maximum absolute atomic E-state index is 13.8. The molecule has 0 saturated carbocycles. The van der Waals surface area contributed by atoms with Crippen LogP contribution in [0.3, 0.4) is 0 Å². The normalized spacial score (nSPS) is 11.6. The maximum Gasteiger partial charge on any atom is 0.417 e. The van der Waals surface area contributed by atoms with Crippen LogP contribution in [0, 0.1) is 0 Å². The number of carbonyl (C=O) groups excluding carboxylic acids is 1. The number of nitrogens with zero attached hydrogens (tertiary/aromatic N) is 3. The van der Waals surface area contributed by atoms with E-state index >= 15 is 0 Å². The van der Waals surface area contributed by atoms with E-state index < -0.39 is 29.2 Å². The van der Waals surface area contributed by atoms with Crippen LogP contribution in [-0.2, 0) is 6.18 Å². The number of rotatable bonds is 4. The molecule has 1 N–H and O–H groups in total. The first-order valence-electron chi connectivity index (χ1n) is 10.8. The van der Waals surface area contributed by atoms with E-state index in [-0.39, 0.29) is 21.8 Å².